The number of nitrogens with zero attached hydrogens (tertiary/aromatic N) is 2. The third-order valence-corrected chi connectivity index (χ3v) is 7.70. The van der Waals surface area contributed by atoms with Gasteiger partial charge in [-0.1, -0.05) is 60.7 Å². The Morgan fingerprint density at radius 3 is 2.41 bits per heavy atom. The summed E-state index contributed by atoms with van der Waals surface area (Å²) >= 11 is 0. The van der Waals surface area contributed by atoms with Gasteiger partial charge in [-0.2, -0.15) is 5.10 Å². The molecule has 0 aliphatic carbocycles. The first kappa shape index (κ1) is 22.2. The molecule has 0 bridgehead atoms. The summed E-state index contributed by atoms with van der Waals surface area (Å²) < 4.78 is 23.7. The Morgan fingerprint density at radius 2 is 1.75 bits per heavy atom. The minimum absolute atomic E-state index is 0.0497. The first-order chi connectivity index (χ1) is 15.4. The lowest BCUT2D eigenvalue weighted by atomic mass is 9.98. The number of aryl methyl sites for hydroxylation is 1. The number of rotatable bonds is 7. The van der Waals surface area contributed by atoms with E-state index in [2.05, 4.69) is 22.6 Å². The Bertz CT molecular complexity index is 1100. The molecule has 0 aromatic heterocycles. The smallest absolute Gasteiger partial charge is 0.267 e. The zero-order chi connectivity index (χ0) is 22.6. The molecule has 1 N–H and O–H groups in total. The van der Waals surface area contributed by atoms with E-state index in [4.69, 9.17) is 0 Å². The summed E-state index contributed by atoms with van der Waals surface area (Å²) in [7, 11) is -3.16. The molecule has 0 spiro atoms. The molecule has 2 amide bonds. The molecular weight excluding hydrogens is 426 g/mol. The van der Waals surface area contributed by atoms with Gasteiger partial charge in [0.2, 0.25) is 5.91 Å². The van der Waals surface area contributed by atoms with Crippen molar-refractivity contribution in [3.63, 3.8) is 0 Å². The highest BCUT2D eigenvalue weighted by molar-refractivity contribution is 7.91. The maximum atomic E-state index is 13.1. The van der Waals surface area contributed by atoms with E-state index < -0.39 is 15.9 Å². The largest absolute Gasteiger partial charge is 0.344 e. The van der Waals surface area contributed by atoms with Crippen molar-refractivity contribution in [2.75, 3.05) is 11.5 Å². The minimum Gasteiger partial charge on any atom is -0.344 e. The van der Waals surface area contributed by atoms with Gasteiger partial charge in [-0.15, -0.1) is 0 Å². The molecule has 168 valence electrons. The van der Waals surface area contributed by atoms with Gasteiger partial charge >= 0.3 is 0 Å². The van der Waals surface area contributed by atoms with Gasteiger partial charge < -0.3 is 5.32 Å². The molecule has 7 nitrogen and oxygen atoms in total. The second-order valence-corrected chi connectivity index (χ2v) is 10.5. The van der Waals surface area contributed by atoms with Gasteiger partial charge in [0.1, 0.15) is 5.71 Å². The van der Waals surface area contributed by atoms with E-state index in [1.807, 2.05) is 48.5 Å². The van der Waals surface area contributed by atoms with Crippen molar-refractivity contribution < 1.29 is 18.0 Å². The molecule has 2 heterocycles. The third kappa shape index (κ3) is 5.43. The summed E-state index contributed by atoms with van der Waals surface area (Å²) in [6.07, 6.45) is 2.29. The molecule has 1 saturated heterocycles. The van der Waals surface area contributed by atoms with Crippen LogP contribution in [-0.4, -0.2) is 48.5 Å². The molecule has 0 radical (unpaired) electrons. The van der Waals surface area contributed by atoms with E-state index >= 15 is 0 Å². The zero-order valence-corrected chi connectivity index (χ0v) is 18.6. The monoisotopic (exact) mass is 453 g/mol. The SMILES string of the molecule is O=C(NC(CCc1ccccc1)c1ccccc1)C1=NN(C2CCS(=O)(=O)C2)C(=O)CC1. The van der Waals surface area contributed by atoms with Crippen LogP contribution in [0.3, 0.4) is 0 Å². The maximum absolute atomic E-state index is 13.1. The molecule has 8 heteroatoms. The predicted molar refractivity (Wildman–Crippen MR) is 123 cm³/mol. The van der Waals surface area contributed by atoms with Gasteiger partial charge in [-0.25, -0.2) is 13.4 Å². The highest BCUT2D eigenvalue weighted by atomic mass is 32.2. The average molecular weight is 454 g/mol. The summed E-state index contributed by atoms with van der Waals surface area (Å²) in [4.78, 5) is 25.4. The second-order valence-electron chi connectivity index (χ2n) is 8.30. The van der Waals surface area contributed by atoms with Crippen LogP contribution in [0.5, 0.6) is 0 Å². The lowest BCUT2D eigenvalue weighted by Crippen LogP contribution is -2.44. The van der Waals surface area contributed by atoms with E-state index in [0.717, 1.165) is 18.4 Å². The van der Waals surface area contributed by atoms with Crippen LogP contribution in [-0.2, 0) is 25.8 Å². The Hall–Kier alpha value is -3.00. The number of hydrogen-bond acceptors (Lipinski definition) is 5. The van der Waals surface area contributed by atoms with Crippen LogP contribution < -0.4 is 5.32 Å². The van der Waals surface area contributed by atoms with Gasteiger partial charge in [0.05, 0.1) is 23.6 Å². The number of hydrazone groups is 1. The topological polar surface area (TPSA) is 95.9 Å². The van der Waals surface area contributed by atoms with Gasteiger partial charge in [-0.05, 0) is 30.4 Å². The van der Waals surface area contributed by atoms with Crippen molar-refractivity contribution in [3.8, 4) is 0 Å². The minimum atomic E-state index is -3.16. The van der Waals surface area contributed by atoms with E-state index in [1.165, 1.54) is 10.6 Å². The van der Waals surface area contributed by atoms with Crippen LogP contribution in [0.1, 0.15) is 42.9 Å². The summed E-state index contributed by atoms with van der Waals surface area (Å²) in [5.41, 5.74) is 2.47. The first-order valence-electron chi connectivity index (χ1n) is 10.9. The van der Waals surface area contributed by atoms with Crippen molar-refractivity contribution in [2.45, 2.75) is 44.2 Å². The Kier molecular flexibility index (Phi) is 6.69. The van der Waals surface area contributed by atoms with Gasteiger partial charge in [0.25, 0.3) is 5.91 Å². The average Bonchev–Trinajstić information content (AvgIpc) is 3.17. The number of amides is 2. The fourth-order valence-electron chi connectivity index (χ4n) is 4.19. The molecule has 32 heavy (non-hydrogen) atoms. The summed E-state index contributed by atoms with van der Waals surface area (Å²) in [6, 6.07) is 19.2. The van der Waals surface area contributed by atoms with Crippen molar-refractivity contribution in [1.82, 2.24) is 10.3 Å². The number of hydrogen-bond donors (Lipinski definition) is 1. The lowest BCUT2D eigenvalue weighted by molar-refractivity contribution is -0.133. The molecule has 2 aromatic rings. The third-order valence-electron chi connectivity index (χ3n) is 5.95. The number of carbonyl (C=O) groups is 2. The molecule has 2 unspecified atom stereocenters. The number of carbonyl (C=O) groups excluding carboxylic acids is 2. The molecule has 0 saturated carbocycles. The van der Waals surface area contributed by atoms with Crippen LogP contribution in [0.2, 0.25) is 0 Å². The van der Waals surface area contributed by atoms with E-state index in [-0.39, 0.29) is 47.9 Å². The number of benzene rings is 2. The van der Waals surface area contributed by atoms with Crippen molar-refractivity contribution in [2.24, 2.45) is 5.10 Å². The quantitative estimate of drug-likeness (QED) is 0.697. The van der Waals surface area contributed by atoms with Crippen LogP contribution in [0.25, 0.3) is 0 Å². The van der Waals surface area contributed by atoms with Crippen molar-refractivity contribution in [3.05, 3.63) is 71.8 Å². The molecule has 2 atom stereocenters. The fraction of sp³-hybridized carbons (Fsp3) is 0.375. The molecule has 2 aromatic carbocycles. The molecule has 1 fully saturated rings. The highest BCUT2D eigenvalue weighted by Crippen LogP contribution is 2.23. The van der Waals surface area contributed by atoms with E-state index in [0.29, 0.717) is 6.42 Å². The summed E-state index contributed by atoms with van der Waals surface area (Å²) in [6.45, 7) is 0. The summed E-state index contributed by atoms with van der Waals surface area (Å²) in [5.74, 6) is -0.591. The Balaban J connectivity index is 1.49. The molecular formula is C24H27N3O4S. The Labute approximate surface area is 188 Å². The zero-order valence-electron chi connectivity index (χ0n) is 17.8. The van der Waals surface area contributed by atoms with Crippen LogP contribution in [0, 0.1) is 0 Å². The normalized spacial score (nSPS) is 21.1. The fourth-order valence-corrected chi connectivity index (χ4v) is 5.88. The van der Waals surface area contributed by atoms with Gasteiger partial charge in [0, 0.05) is 12.8 Å². The lowest BCUT2D eigenvalue weighted by Gasteiger charge is -2.28. The van der Waals surface area contributed by atoms with Crippen LogP contribution in [0.4, 0.5) is 0 Å². The van der Waals surface area contributed by atoms with Gasteiger partial charge in [0.15, 0.2) is 9.84 Å². The maximum Gasteiger partial charge on any atom is 0.267 e. The van der Waals surface area contributed by atoms with Crippen molar-refractivity contribution >= 4 is 27.4 Å². The van der Waals surface area contributed by atoms with Gasteiger partial charge in [-0.3, -0.25) is 9.59 Å². The second kappa shape index (κ2) is 9.65. The van der Waals surface area contributed by atoms with E-state index in [1.54, 1.807) is 0 Å². The van der Waals surface area contributed by atoms with E-state index in [9.17, 15) is 18.0 Å². The van der Waals surface area contributed by atoms with Crippen LogP contribution in [0.15, 0.2) is 65.8 Å². The molecule has 2 aliphatic heterocycles. The van der Waals surface area contributed by atoms with Crippen molar-refractivity contribution in [1.29, 1.82) is 0 Å². The standard InChI is InChI=1S/C24H27N3O4S/c28-23-14-13-22(26-27(23)20-15-16-32(30,31)17-20)24(29)25-21(19-9-5-2-6-10-19)12-11-18-7-3-1-4-8-18/h1-10,20-21H,11-17H2,(H,25,29). The van der Waals surface area contributed by atoms with Crippen LogP contribution >= 0.6 is 0 Å². The molecule has 4 rings (SSSR count). The number of sulfone groups is 1. The predicted octanol–water partition coefficient (Wildman–Crippen LogP) is 2.64. The highest BCUT2D eigenvalue weighted by Gasteiger charge is 2.37. The number of nitrogens with one attached hydrogen (secondary N) is 1. The summed E-state index contributed by atoms with van der Waals surface area (Å²) in [5, 5.41) is 8.62. The Morgan fingerprint density at radius 1 is 1.06 bits per heavy atom. The molecule has 2 aliphatic rings. The first-order valence-corrected chi connectivity index (χ1v) is 12.7.